The maximum atomic E-state index is 12.8. The van der Waals surface area contributed by atoms with Crippen LogP contribution < -0.4 is 5.32 Å². The largest absolute Gasteiger partial charge is 0.328 e. The summed E-state index contributed by atoms with van der Waals surface area (Å²) in [6.45, 7) is 4.11. The number of aryl methyl sites for hydroxylation is 1. The quantitative estimate of drug-likeness (QED) is 0.675. The number of nitrogens with zero attached hydrogens (tertiary/aromatic N) is 1. The molecule has 3 rings (SSSR count). The topological polar surface area (TPSA) is 32.3 Å². The fraction of sp³-hybridized carbons (Fsp3) is 0.200. The highest BCUT2D eigenvalue weighted by Crippen LogP contribution is 2.26. The van der Waals surface area contributed by atoms with Crippen LogP contribution in [0.3, 0.4) is 0 Å². The molecule has 1 aliphatic rings. The second-order valence-electron chi connectivity index (χ2n) is 5.85. The van der Waals surface area contributed by atoms with Crippen molar-refractivity contribution in [2.24, 2.45) is 0 Å². The Morgan fingerprint density at radius 1 is 1.12 bits per heavy atom. The summed E-state index contributed by atoms with van der Waals surface area (Å²) < 4.78 is 0. The van der Waals surface area contributed by atoms with Crippen LogP contribution in [0.25, 0.3) is 6.08 Å². The molecule has 2 aromatic rings. The Morgan fingerprint density at radius 2 is 1.79 bits per heavy atom. The first-order valence-corrected chi connectivity index (χ1v) is 8.51. The van der Waals surface area contributed by atoms with Gasteiger partial charge in [-0.2, -0.15) is 0 Å². The van der Waals surface area contributed by atoms with Crippen LogP contribution >= 0.6 is 12.2 Å². The molecule has 0 radical (unpaired) electrons. The Balaban J connectivity index is 1.84. The molecule has 1 atom stereocenters. The summed E-state index contributed by atoms with van der Waals surface area (Å²) in [5.74, 6) is -0.0871. The third-order valence-electron chi connectivity index (χ3n) is 4.28. The van der Waals surface area contributed by atoms with Crippen LogP contribution in [-0.2, 0) is 11.2 Å². The van der Waals surface area contributed by atoms with Crippen molar-refractivity contribution in [1.29, 1.82) is 0 Å². The zero-order chi connectivity index (χ0) is 17.1. The monoisotopic (exact) mass is 336 g/mol. The number of amides is 1. The Labute approximate surface area is 148 Å². The lowest BCUT2D eigenvalue weighted by molar-refractivity contribution is -0.123. The Morgan fingerprint density at radius 3 is 2.42 bits per heavy atom. The van der Waals surface area contributed by atoms with Crippen LogP contribution in [0.4, 0.5) is 0 Å². The molecular formula is C20H20N2OS. The molecule has 0 aromatic heterocycles. The predicted molar refractivity (Wildman–Crippen MR) is 101 cm³/mol. The van der Waals surface area contributed by atoms with E-state index in [9.17, 15) is 4.79 Å². The molecule has 1 heterocycles. The summed E-state index contributed by atoms with van der Waals surface area (Å²) >= 11 is 5.38. The van der Waals surface area contributed by atoms with Gasteiger partial charge in [0.15, 0.2) is 5.11 Å². The standard InChI is InChI=1S/C20H20N2OS/c1-3-15-9-11-16(12-10-15)13-18-19(23)22(20(24)21-18)14(2)17-7-5-4-6-8-17/h4-14H,3H2,1-2H3,(H,21,24)/b18-13-. The van der Waals surface area contributed by atoms with Gasteiger partial charge in [-0.1, -0.05) is 61.5 Å². The summed E-state index contributed by atoms with van der Waals surface area (Å²) in [6, 6.07) is 18.0. The smallest absolute Gasteiger partial charge is 0.277 e. The molecule has 1 aliphatic heterocycles. The molecule has 0 aliphatic carbocycles. The molecule has 1 fully saturated rings. The summed E-state index contributed by atoms with van der Waals surface area (Å²) in [7, 11) is 0. The number of hydrogen-bond acceptors (Lipinski definition) is 2. The minimum atomic E-state index is -0.105. The maximum Gasteiger partial charge on any atom is 0.277 e. The van der Waals surface area contributed by atoms with Gasteiger partial charge in [-0.25, -0.2) is 0 Å². The molecule has 24 heavy (non-hydrogen) atoms. The van der Waals surface area contributed by atoms with E-state index >= 15 is 0 Å². The predicted octanol–water partition coefficient (Wildman–Crippen LogP) is 4.07. The number of nitrogens with one attached hydrogen (secondary N) is 1. The number of carbonyl (C=O) groups is 1. The highest BCUT2D eigenvalue weighted by Gasteiger charge is 2.34. The van der Waals surface area contributed by atoms with E-state index < -0.39 is 0 Å². The van der Waals surface area contributed by atoms with Crippen LogP contribution in [0.1, 0.15) is 36.6 Å². The van der Waals surface area contributed by atoms with Crippen LogP contribution in [0.2, 0.25) is 0 Å². The Hall–Kier alpha value is -2.46. The number of thiocarbonyl (C=S) groups is 1. The molecule has 0 bridgehead atoms. The molecule has 1 N–H and O–H groups in total. The van der Waals surface area contributed by atoms with E-state index in [1.807, 2.05) is 55.5 Å². The average Bonchev–Trinajstić information content (AvgIpc) is 2.89. The lowest BCUT2D eigenvalue weighted by Gasteiger charge is -2.23. The molecule has 2 aromatic carbocycles. The lowest BCUT2D eigenvalue weighted by atomic mass is 10.1. The summed E-state index contributed by atoms with van der Waals surface area (Å²) in [6.07, 6.45) is 2.85. The summed E-state index contributed by atoms with van der Waals surface area (Å²) in [4.78, 5) is 14.4. The van der Waals surface area contributed by atoms with Crippen molar-refractivity contribution >= 4 is 29.3 Å². The Kier molecular flexibility index (Phi) is 4.76. The SMILES string of the molecule is CCc1ccc(/C=C2\NC(=S)N(C(C)c3ccccc3)C2=O)cc1. The van der Waals surface area contributed by atoms with Crippen molar-refractivity contribution in [3.05, 3.63) is 77.0 Å². The van der Waals surface area contributed by atoms with E-state index in [4.69, 9.17) is 12.2 Å². The normalized spacial score (nSPS) is 17.2. The first kappa shape index (κ1) is 16.4. The van der Waals surface area contributed by atoms with E-state index in [1.54, 1.807) is 4.90 Å². The van der Waals surface area contributed by atoms with Gasteiger partial charge in [-0.15, -0.1) is 0 Å². The molecule has 0 saturated carbocycles. The second kappa shape index (κ2) is 6.97. The van der Waals surface area contributed by atoms with Crippen LogP contribution in [-0.4, -0.2) is 15.9 Å². The number of benzene rings is 2. The van der Waals surface area contributed by atoms with Gasteiger partial charge in [0.25, 0.3) is 5.91 Å². The second-order valence-corrected chi connectivity index (χ2v) is 6.23. The lowest BCUT2D eigenvalue weighted by Crippen LogP contribution is -2.33. The average molecular weight is 336 g/mol. The number of hydrogen-bond donors (Lipinski definition) is 1. The summed E-state index contributed by atoms with van der Waals surface area (Å²) in [5.41, 5.74) is 3.84. The van der Waals surface area contributed by atoms with Gasteiger partial charge in [0, 0.05) is 0 Å². The highest BCUT2D eigenvalue weighted by molar-refractivity contribution is 7.80. The molecule has 0 spiro atoms. The van der Waals surface area contributed by atoms with Gasteiger partial charge in [0.1, 0.15) is 5.70 Å². The van der Waals surface area contributed by atoms with E-state index in [0.29, 0.717) is 10.8 Å². The van der Waals surface area contributed by atoms with Gasteiger partial charge >= 0.3 is 0 Å². The van der Waals surface area contributed by atoms with Crippen molar-refractivity contribution in [1.82, 2.24) is 10.2 Å². The van der Waals surface area contributed by atoms with Crippen molar-refractivity contribution in [2.45, 2.75) is 26.3 Å². The third-order valence-corrected chi connectivity index (χ3v) is 4.58. The van der Waals surface area contributed by atoms with Crippen LogP contribution in [0, 0.1) is 0 Å². The number of carbonyl (C=O) groups excluding carboxylic acids is 1. The zero-order valence-electron chi connectivity index (χ0n) is 13.8. The molecular weight excluding hydrogens is 316 g/mol. The summed E-state index contributed by atoms with van der Waals surface area (Å²) in [5, 5.41) is 3.50. The maximum absolute atomic E-state index is 12.8. The molecule has 1 amide bonds. The highest BCUT2D eigenvalue weighted by atomic mass is 32.1. The third kappa shape index (κ3) is 3.24. The van der Waals surface area contributed by atoms with Crippen LogP contribution in [0.5, 0.6) is 0 Å². The van der Waals surface area contributed by atoms with Crippen molar-refractivity contribution in [3.8, 4) is 0 Å². The van der Waals surface area contributed by atoms with E-state index in [1.165, 1.54) is 5.56 Å². The molecule has 1 saturated heterocycles. The number of rotatable bonds is 4. The van der Waals surface area contributed by atoms with E-state index in [-0.39, 0.29) is 11.9 Å². The van der Waals surface area contributed by atoms with Gasteiger partial charge in [-0.3, -0.25) is 9.69 Å². The van der Waals surface area contributed by atoms with E-state index in [0.717, 1.165) is 17.5 Å². The molecule has 1 unspecified atom stereocenters. The Bertz CT molecular complexity index is 781. The minimum absolute atomic E-state index is 0.0871. The molecule has 122 valence electrons. The van der Waals surface area contributed by atoms with Crippen LogP contribution in [0.15, 0.2) is 60.3 Å². The van der Waals surface area contributed by atoms with E-state index in [2.05, 4.69) is 24.4 Å². The van der Waals surface area contributed by atoms with Crippen molar-refractivity contribution in [3.63, 3.8) is 0 Å². The fourth-order valence-corrected chi connectivity index (χ4v) is 3.15. The molecule has 3 nitrogen and oxygen atoms in total. The fourth-order valence-electron chi connectivity index (χ4n) is 2.80. The zero-order valence-corrected chi connectivity index (χ0v) is 14.6. The first-order chi connectivity index (χ1) is 11.6. The van der Waals surface area contributed by atoms with Gasteiger partial charge in [0.2, 0.25) is 0 Å². The molecule has 4 heteroatoms. The first-order valence-electron chi connectivity index (χ1n) is 8.10. The van der Waals surface area contributed by atoms with Crippen molar-refractivity contribution in [2.75, 3.05) is 0 Å². The van der Waals surface area contributed by atoms with Gasteiger partial charge in [0.05, 0.1) is 6.04 Å². The minimum Gasteiger partial charge on any atom is -0.328 e. The van der Waals surface area contributed by atoms with Gasteiger partial charge in [-0.05, 0) is 48.3 Å². The van der Waals surface area contributed by atoms with Gasteiger partial charge < -0.3 is 5.32 Å². The van der Waals surface area contributed by atoms with Crippen molar-refractivity contribution < 1.29 is 4.79 Å².